The van der Waals surface area contributed by atoms with Gasteiger partial charge in [-0.25, -0.2) is 9.59 Å². The molecule has 4 rings (SSSR count). The highest BCUT2D eigenvalue weighted by molar-refractivity contribution is 6.03. The second-order valence-electron chi connectivity index (χ2n) is 8.88. The normalized spacial score (nSPS) is 20.3. The zero-order chi connectivity index (χ0) is 24.1. The third-order valence-electron chi connectivity index (χ3n) is 6.95. The topological polar surface area (TPSA) is 88.6 Å². The minimum absolute atomic E-state index is 0.00345. The molecule has 1 aromatic rings. The minimum Gasteiger partial charge on any atom is -0.466 e. The molecule has 1 aliphatic carbocycles. The lowest BCUT2D eigenvalue weighted by molar-refractivity contribution is -0.140. The first-order chi connectivity index (χ1) is 16.5. The Hall–Kier alpha value is -2.91. The van der Waals surface area contributed by atoms with Crippen molar-refractivity contribution in [2.75, 3.05) is 58.6 Å². The number of carbonyl (C=O) groups is 3. The lowest BCUT2D eigenvalue weighted by Crippen LogP contribution is -2.52. The molecule has 0 bridgehead atoms. The van der Waals surface area contributed by atoms with E-state index in [0.29, 0.717) is 17.3 Å². The predicted octanol–water partition coefficient (Wildman–Crippen LogP) is 2.17. The highest BCUT2D eigenvalue weighted by Gasteiger charge is 2.33. The number of ether oxygens (including phenoxy) is 3. The van der Waals surface area contributed by atoms with Crippen LogP contribution in [0.4, 0.5) is 5.69 Å². The minimum atomic E-state index is -0.653. The van der Waals surface area contributed by atoms with Gasteiger partial charge in [0.1, 0.15) is 12.4 Å². The number of nitrogens with zero attached hydrogens (tertiary/aromatic N) is 3. The number of esters is 2. The van der Waals surface area contributed by atoms with Crippen LogP contribution in [0.5, 0.6) is 0 Å². The van der Waals surface area contributed by atoms with Crippen LogP contribution in [-0.4, -0.2) is 87.4 Å². The van der Waals surface area contributed by atoms with Gasteiger partial charge in [0.25, 0.3) is 5.91 Å². The average molecular weight is 472 g/mol. The SMILES string of the molecule is COC(=O)C1=C(C(=O)OC)N(c2ccc(C(=O)N3CCN(C4CCCCC4)CC3)cc2)COC1. The molecule has 0 spiro atoms. The van der Waals surface area contributed by atoms with E-state index in [1.54, 1.807) is 29.2 Å². The van der Waals surface area contributed by atoms with Crippen molar-refractivity contribution in [2.24, 2.45) is 0 Å². The zero-order valence-electron chi connectivity index (χ0n) is 20.0. The first kappa shape index (κ1) is 24.2. The van der Waals surface area contributed by atoms with Crippen LogP contribution in [0.3, 0.4) is 0 Å². The molecule has 0 N–H and O–H groups in total. The van der Waals surface area contributed by atoms with Crippen molar-refractivity contribution < 1.29 is 28.6 Å². The summed E-state index contributed by atoms with van der Waals surface area (Å²) in [7, 11) is 2.51. The molecule has 1 saturated carbocycles. The van der Waals surface area contributed by atoms with E-state index in [1.165, 1.54) is 46.3 Å². The van der Waals surface area contributed by atoms with Gasteiger partial charge in [-0.2, -0.15) is 0 Å². The quantitative estimate of drug-likeness (QED) is 0.604. The molecular formula is C25H33N3O6. The molecule has 0 unspecified atom stereocenters. The maximum Gasteiger partial charge on any atom is 0.355 e. The van der Waals surface area contributed by atoms with Gasteiger partial charge in [-0.3, -0.25) is 9.69 Å². The standard InChI is InChI=1S/C25H33N3O6/c1-32-24(30)21-16-34-17-28(22(21)25(31)33-2)20-10-8-18(9-11-20)23(29)27-14-12-26(13-15-27)19-6-4-3-5-7-19/h8-11,19H,3-7,12-17H2,1-2H3. The largest absolute Gasteiger partial charge is 0.466 e. The summed E-state index contributed by atoms with van der Waals surface area (Å²) in [6, 6.07) is 7.65. The Morgan fingerprint density at radius 1 is 0.882 bits per heavy atom. The summed E-state index contributed by atoms with van der Waals surface area (Å²) in [4.78, 5) is 43.7. The number of carbonyl (C=O) groups excluding carboxylic acids is 3. The third-order valence-corrected chi connectivity index (χ3v) is 6.95. The van der Waals surface area contributed by atoms with Crippen molar-refractivity contribution in [3.05, 3.63) is 41.1 Å². The summed E-state index contributed by atoms with van der Waals surface area (Å²) < 4.78 is 15.2. The van der Waals surface area contributed by atoms with E-state index in [1.807, 2.05) is 4.90 Å². The molecule has 1 aromatic carbocycles. The Morgan fingerprint density at radius 3 is 2.15 bits per heavy atom. The lowest BCUT2D eigenvalue weighted by Gasteiger charge is -2.40. The van der Waals surface area contributed by atoms with Crippen molar-refractivity contribution >= 4 is 23.5 Å². The molecule has 1 amide bonds. The van der Waals surface area contributed by atoms with Crippen molar-refractivity contribution in [1.82, 2.24) is 9.80 Å². The number of hydrogen-bond acceptors (Lipinski definition) is 8. The van der Waals surface area contributed by atoms with E-state index in [9.17, 15) is 14.4 Å². The summed E-state index contributed by atoms with van der Waals surface area (Å²) >= 11 is 0. The van der Waals surface area contributed by atoms with Crippen LogP contribution in [0.25, 0.3) is 0 Å². The summed E-state index contributed by atoms with van der Waals surface area (Å²) in [5, 5.41) is 0. The molecule has 0 aromatic heterocycles. The smallest absolute Gasteiger partial charge is 0.355 e. The van der Waals surface area contributed by atoms with Crippen molar-refractivity contribution in [3.63, 3.8) is 0 Å². The van der Waals surface area contributed by atoms with Crippen LogP contribution in [0.1, 0.15) is 42.5 Å². The van der Waals surface area contributed by atoms with E-state index in [0.717, 1.165) is 26.2 Å². The van der Waals surface area contributed by atoms with Crippen LogP contribution < -0.4 is 4.90 Å². The van der Waals surface area contributed by atoms with Gasteiger partial charge in [0.05, 0.1) is 26.4 Å². The van der Waals surface area contributed by atoms with Gasteiger partial charge >= 0.3 is 11.9 Å². The van der Waals surface area contributed by atoms with Gasteiger partial charge in [0.2, 0.25) is 0 Å². The third kappa shape index (κ3) is 5.10. The average Bonchev–Trinajstić information content (AvgIpc) is 2.92. The van der Waals surface area contributed by atoms with Crippen molar-refractivity contribution in [3.8, 4) is 0 Å². The molecule has 0 radical (unpaired) electrons. The first-order valence-electron chi connectivity index (χ1n) is 11.9. The van der Waals surface area contributed by atoms with Crippen LogP contribution in [0.15, 0.2) is 35.5 Å². The molecule has 0 atom stereocenters. The maximum absolute atomic E-state index is 13.1. The molecule has 3 aliphatic rings. The fourth-order valence-corrected chi connectivity index (χ4v) is 5.05. The molecule has 9 heteroatoms. The Balaban J connectivity index is 1.44. The van der Waals surface area contributed by atoms with E-state index < -0.39 is 11.9 Å². The number of rotatable bonds is 5. The van der Waals surface area contributed by atoms with Crippen LogP contribution in [0.2, 0.25) is 0 Å². The Bertz CT molecular complexity index is 930. The van der Waals surface area contributed by atoms with Gasteiger partial charge in [-0.05, 0) is 37.1 Å². The summed E-state index contributed by atoms with van der Waals surface area (Å²) in [5.41, 5.74) is 1.37. The zero-order valence-corrected chi connectivity index (χ0v) is 20.0. The molecule has 9 nitrogen and oxygen atoms in total. The fraction of sp³-hybridized carbons (Fsp3) is 0.560. The maximum atomic E-state index is 13.1. The number of benzene rings is 1. The number of anilines is 1. The summed E-state index contributed by atoms with van der Waals surface area (Å²) in [5.74, 6) is -1.30. The molecule has 1 saturated heterocycles. The summed E-state index contributed by atoms with van der Waals surface area (Å²) in [6.45, 7) is 3.33. The predicted molar refractivity (Wildman–Crippen MR) is 125 cm³/mol. The van der Waals surface area contributed by atoms with Gasteiger partial charge in [0.15, 0.2) is 0 Å². The molecule has 2 fully saturated rings. The molecular weight excluding hydrogens is 438 g/mol. The van der Waals surface area contributed by atoms with Crippen LogP contribution in [-0.2, 0) is 23.8 Å². The second kappa shape index (κ2) is 11.0. The van der Waals surface area contributed by atoms with Gasteiger partial charge in [0, 0.05) is 43.5 Å². The van der Waals surface area contributed by atoms with Gasteiger partial charge in [-0.1, -0.05) is 19.3 Å². The van der Waals surface area contributed by atoms with E-state index in [-0.39, 0.29) is 30.5 Å². The molecule has 184 valence electrons. The van der Waals surface area contributed by atoms with Crippen LogP contribution >= 0.6 is 0 Å². The molecule has 2 aliphatic heterocycles. The highest BCUT2D eigenvalue weighted by atomic mass is 16.5. The number of methoxy groups -OCH3 is 2. The molecule has 34 heavy (non-hydrogen) atoms. The Labute approximate surface area is 200 Å². The van der Waals surface area contributed by atoms with E-state index >= 15 is 0 Å². The fourth-order valence-electron chi connectivity index (χ4n) is 5.05. The lowest BCUT2D eigenvalue weighted by atomic mass is 9.94. The van der Waals surface area contributed by atoms with E-state index in [2.05, 4.69) is 4.90 Å². The Kier molecular flexibility index (Phi) is 7.84. The Morgan fingerprint density at radius 2 is 1.53 bits per heavy atom. The first-order valence-corrected chi connectivity index (χ1v) is 11.9. The highest BCUT2D eigenvalue weighted by Crippen LogP contribution is 2.28. The van der Waals surface area contributed by atoms with Crippen molar-refractivity contribution in [2.45, 2.75) is 38.1 Å². The second-order valence-corrected chi connectivity index (χ2v) is 8.88. The molecule has 2 heterocycles. The number of piperazine rings is 1. The van der Waals surface area contributed by atoms with Crippen LogP contribution in [0, 0.1) is 0 Å². The van der Waals surface area contributed by atoms with Gasteiger partial charge < -0.3 is 24.0 Å². The summed E-state index contributed by atoms with van der Waals surface area (Å²) in [6.07, 6.45) is 6.51. The van der Waals surface area contributed by atoms with Gasteiger partial charge in [-0.15, -0.1) is 0 Å². The number of amides is 1. The van der Waals surface area contributed by atoms with E-state index in [4.69, 9.17) is 14.2 Å². The number of hydrogen-bond donors (Lipinski definition) is 0. The monoisotopic (exact) mass is 471 g/mol. The van der Waals surface area contributed by atoms with Crippen molar-refractivity contribution in [1.29, 1.82) is 0 Å².